The van der Waals surface area contributed by atoms with Crippen molar-refractivity contribution in [3.8, 4) is 11.1 Å². The van der Waals surface area contributed by atoms with E-state index in [0.717, 1.165) is 16.8 Å². The molecule has 0 spiro atoms. The van der Waals surface area contributed by atoms with Gasteiger partial charge in [-0.1, -0.05) is 60.7 Å². The summed E-state index contributed by atoms with van der Waals surface area (Å²) in [6.45, 7) is 0.615. The van der Waals surface area contributed by atoms with Gasteiger partial charge in [0.05, 0.1) is 10.4 Å². The molecule has 0 unspecified atom stereocenters. The van der Waals surface area contributed by atoms with Crippen LogP contribution in [0.5, 0.6) is 0 Å². The van der Waals surface area contributed by atoms with Gasteiger partial charge in [-0.15, -0.1) is 0 Å². The van der Waals surface area contributed by atoms with E-state index in [1.54, 1.807) is 45.9 Å². The van der Waals surface area contributed by atoms with Gasteiger partial charge >= 0.3 is 0 Å². The lowest BCUT2D eigenvalue weighted by Crippen LogP contribution is -2.36. The van der Waals surface area contributed by atoms with Crippen LogP contribution >= 0.6 is 0 Å². The van der Waals surface area contributed by atoms with Crippen LogP contribution in [0.4, 0.5) is 0 Å². The van der Waals surface area contributed by atoms with E-state index >= 15 is 0 Å². The van der Waals surface area contributed by atoms with E-state index in [4.69, 9.17) is 0 Å². The lowest BCUT2D eigenvalue weighted by Gasteiger charge is -2.28. The number of nitrogens with zero attached hydrogens (tertiary/aromatic N) is 2. The predicted molar refractivity (Wildman–Crippen MR) is 148 cm³/mol. The van der Waals surface area contributed by atoms with Crippen LogP contribution in [0.25, 0.3) is 22.0 Å². The van der Waals surface area contributed by atoms with Gasteiger partial charge in [0.25, 0.3) is 21.9 Å². The molecule has 0 bridgehead atoms. The Bertz CT molecular complexity index is 1830. The first-order valence-electron chi connectivity index (χ1n) is 12.5. The molecule has 1 aromatic heterocycles. The van der Waals surface area contributed by atoms with Crippen molar-refractivity contribution in [2.24, 2.45) is 0 Å². The summed E-state index contributed by atoms with van der Waals surface area (Å²) < 4.78 is 35.2. The molecule has 6 rings (SSSR count). The van der Waals surface area contributed by atoms with E-state index in [1.807, 2.05) is 48.5 Å². The second-order valence-electron chi connectivity index (χ2n) is 9.51. The minimum atomic E-state index is -4.46. The van der Waals surface area contributed by atoms with E-state index < -0.39 is 10.1 Å². The highest BCUT2D eigenvalue weighted by Crippen LogP contribution is 2.34. The number of benzene rings is 4. The summed E-state index contributed by atoms with van der Waals surface area (Å²) in [5.74, 6) is -0.390. The molecule has 0 radical (unpaired) electrons. The van der Waals surface area contributed by atoms with Crippen LogP contribution in [0, 0.1) is 0 Å². The van der Waals surface area contributed by atoms with Crippen LogP contribution in [-0.2, 0) is 23.1 Å². The summed E-state index contributed by atoms with van der Waals surface area (Å²) in [6.07, 6.45) is 0.414. The molecule has 0 fully saturated rings. The van der Waals surface area contributed by atoms with Crippen LogP contribution in [0.3, 0.4) is 0 Å². The standard InChI is InChI=1S/C31H24N2O5S/c34-30(23-9-5-2-6-10-23)32-18-17-29-27(20-32)26-19-25(39(36,37)38)15-16-28(26)33(29)31(35)24-13-11-22(12-14-24)21-7-3-1-4-8-21/h1-16,19H,17-18,20H2,(H,36,37,38). The summed E-state index contributed by atoms with van der Waals surface area (Å²) >= 11 is 0. The fraction of sp³-hybridized carbons (Fsp3) is 0.0968. The number of rotatable bonds is 4. The Hall–Kier alpha value is -4.53. The molecule has 8 heteroatoms. The minimum Gasteiger partial charge on any atom is -0.334 e. The second kappa shape index (κ2) is 9.65. The molecular formula is C31H24N2O5S. The summed E-state index contributed by atoms with van der Waals surface area (Å²) in [4.78, 5) is 28.5. The van der Waals surface area contributed by atoms with E-state index in [-0.39, 0.29) is 23.3 Å². The van der Waals surface area contributed by atoms with Gasteiger partial charge in [-0.3, -0.25) is 18.7 Å². The summed E-state index contributed by atoms with van der Waals surface area (Å²) in [5.41, 5.74) is 5.01. The highest BCUT2D eigenvalue weighted by atomic mass is 32.2. The van der Waals surface area contributed by atoms with E-state index in [1.165, 1.54) is 18.2 Å². The summed E-state index contributed by atoms with van der Waals surface area (Å²) in [6, 6.07) is 30.4. The number of hydrogen-bond acceptors (Lipinski definition) is 4. The third kappa shape index (κ3) is 4.54. The average molecular weight is 537 g/mol. The first-order chi connectivity index (χ1) is 18.8. The van der Waals surface area contributed by atoms with Gasteiger partial charge in [-0.2, -0.15) is 8.42 Å². The van der Waals surface area contributed by atoms with Crippen molar-refractivity contribution in [3.05, 3.63) is 126 Å². The number of aromatic nitrogens is 1. The van der Waals surface area contributed by atoms with Gasteiger partial charge in [0, 0.05) is 47.3 Å². The van der Waals surface area contributed by atoms with Crippen molar-refractivity contribution in [1.82, 2.24) is 9.47 Å². The SMILES string of the molecule is O=C(c1ccccc1)N1CCc2c(c3cc(S(=O)(=O)O)ccc3n2C(=O)c2ccc(-c3ccccc3)cc2)C1. The van der Waals surface area contributed by atoms with Crippen molar-refractivity contribution < 1.29 is 22.6 Å². The lowest BCUT2D eigenvalue weighted by molar-refractivity contribution is 0.0734. The van der Waals surface area contributed by atoms with Gasteiger partial charge < -0.3 is 4.90 Å². The molecule has 39 heavy (non-hydrogen) atoms. The average Bonchev–Trinajstić information content (AvgIpc) is 3.30. The quantitative estimate of drug-likeness (QED) is 0.309. The van der Waals surface area contributed by atoms with Gasteiger partial charge in [-0.25, -0.2) is 0 Å². The minimum absolute atomic E-state index is 0.143. The number of amides is 1. The van der Waals surface area contributed by atoms with Crippen LogP contribution in [0.15, 0.2) is 108 Å². The first-order valence-corrected chi connectivity index (χ1v) is 13.9. The Morgan fingerprint density at radius 2 is 1.33 bits per heavy atom. The molecule has 1 N–H and O–H groups in total. The fourth-order valence-electron chi connectivity index (χ4n) is 5.23. The third-order valence-electron chi connectivity index (χ3n) is 7.17. The molecule has 0 saturated heterocycles. The van der Waals surface area contributed by atoms with E-state index in [0.29, 0.717) is 40.6 Å². The van der Waals surface area contributed by atoms with Gasteiger partial charge in [0.1, 0.15) is 0 Å². The highest BCUT2D eigenvalue weighted by Gasteiger charge is 2.30. The van der Waals surface area contributed by atoms with Crippen molar-refractivity contribution in [2.45, 2.75) is 17.9 Å². The van der Waals surface area contributed by atoms with Gasteiger partial charge in [0.15, 0.2) is 0 Å². The van der Waals surface area contributed by atoms with E-state index in [2.05, 4.69) is 0 Å². The molecule has 1 amide bonds. The Morgan fingerprint density at radius 1 is 0.718 bits per heavy atom. The van der Waals surface area contributed by atoms with Crippen LogP contribution < -0.4 is 0 Å². The molecule has 1 aliphatic heterocycles. The number of hydrogen-bond donors (Lipinski definition) is 1. The number of carbonyl (C=O) groups is 2. The maximum atomic E-state index is 13.9. The molecule has 1 aliphatic rings. The predicted octanol–water partition coefficient (Wildman–Crippen LogP) is 5.44. The molecule has 194 valence electrons. The number of fused-ring (bicyclic) bond motifs is 3. The zero-order valence-corrected chi connectivity index (χ0v) is 21.6. The Labute approximate surface area is 225 Å². The topological polar surface area (TPSA) is 96.7 Å². The normalized spacial score (nSPS) is 13.3. The fourth-order valence-corrected chi connectivity index (χ4v) is 5.74. The van der Waals surface area contributed by atoms with E-state index in [9.17, 15) is 22.6 Å². The van der Waals surface area contributed by atoms with Gasteiger partial charge in [0.2, 0.25) is 0 Å². The lowest BCUT2D eigenvalue weighted by atomic mass is 10.0. The monoisotopic (exact) mass is 536 g/mol. The maximum absolute atomic E-state index is 13.9. The third-order valence-corrected chi connectivity index (χ3v) is 8.02. The Morgan fingerprint density at radius 3 is 2.00 bits per heavy atom. The van der Waals surface area contributed by atoms with Gasteiger partial charge in [-0.05, 0) is 53.6 Å². The molecule has 4 aromatic carbocycles. The Balaban J connectivity index is 1.44. The molecule has 0 aliphatic carbocycles. The maximum Gasteiger partial charge on any atom is 0.294 e. The largest absolute Gasteiger partial charge is 0.334 e. The van der Waals surface area contributed by atoms with Crippen molar-refractivity contribution in [2.75, 3.05) is 6.54 Å². The first kappa shape index (κ1) is 24.8. The molecule has 0 atom stereocenters. The Kier molecular flexibility index (Phi) is 6.13. The molecule has 0 saturated carbocycles. The van der Waals surface area contributed by atoms with Crippen molar-refractivity contribution in [1.29, 1.82) is 0 Å². The molecule has 5 aromatic rings. The van der Waals surface area contributed by atoms with Crippen LogP contribution in [-0.4, -0.2) is 40.8 Å². The highest BCUT2D eigenvalue weighted by molar-refractivity contribution is 7.85. The smallest absolute Gasteiger partial charge is 0.294 e. The molecular weight excluding hydrogens is 512 g/mol. The van der Waals surface area contributed by atoms with Crippen molar-refractivity contribution >= 4 is 32.8 Å². The zero-order chi connectivity index (χ0) is 27.1. The second-order valence-corrected chi connectivity index (χ2v) is 10.9. The summed E-state index contributed by atoms with van der Waals surface area (Å²) in [7, 11) is -4.46. The molecule has 7 nitrogen and oxygen atoms in total. The molecule has 2 heterocycles. The van der Waals surface area contributed by atoms with Crippen LogP contribution in [0.2, 0.25) is 0 Å². The van der Waals surface area contributed by atoms with Crippen molar-refractivity contribution in [3.63, 3.8) is 0 Å². The van der Waals surface area contributed by atoms with Crippen LogP contribution in [0.1, 0.15) is 32.0 Å². The number of carbonyl (C=O) groups excluding carboxylic acids is 2. The summed E-state index contributed by atoms with van der Waals surface area (Å²) in [5, 5.41) is 0.514. The zero-order valence-electron chi connectivity index (χ0n) is 20.8.